The molecule has 0 bridgehead atoms. The zero-order valence-corrected chi connectivity index (χ0v) is 5.36. The molecule has 0 unspecified atom stereocenters. The molecule has 2 aromatic heterocycles. The molecule has 54 valence electrons. The third-order valence-corrected chi connectivity index (χ3v) is 1.05. The molecule has 11 heavy (non-hydrogen) atoms. The highest BCUT2D eigenvalue weighted by molar-refractivity contribution is 5.13. The molecule has 0 saturated heterocycles. The van der Waals surface area contributed by atoms with Gasteiger partial charge in [0.15, 0.2) is 5.82 Å². The maximum atomic E-state index is 3.73. The van der Waals surface area contributed by atoms with Crippen LogP contribution in [0.5, 0.6) is 0 Å². The Kier molecular flexibility index (Phi) is 1.26. The summed E-state index contributed by atoms with van der Waals surface area (Å²) in [5.41, 5.74) is 0. The van der Waals surface area contributed by atoms with Gasteiger partial charge in [-0.25, -0.2) is 0 Å². The van der Waals surface area contributed by atoms with E-state index in [0.717, 1.165) is 0 Å². The van der Waals surface area contributed by atoms with Gasteiger partial charge in [0.2, 0.25) is 0 Å². The molecule has 0 aliphatic heterocycles. The van der Waals surface area contributed by atoms with E-state index in [1.807, 2.05) is 0 Å². The predicted octanol–water partition coefficient (Wildman–Crippen LogP) is -1.15. The Morgan fingerprint density at radius 2 is 2.00 bits per heavy atom. The molecule has 0 aromatic carbocycles. The molecule has 0 atom stereocenters. The van der Waals surface area contributed by atoms with E-state index in [9.17, 15) is 0 Å². The molecular formula is C4H3N7. The van der Waals surface area contributed by atoms with Gasteiger partial charge >= 0.3 is 0 Å². The molecule has 0 fully saturated rings. The largest absolute Gasteiger partial charge is 0.199 e. The summed E-state index contributed by atoms with van der Waals surface area (Å²) in [6, 6.07) is 3.43. The topological polar surface area (TPSA) is 82.3 Å². The number of hydrogen-bond donors (Lipinski definition) is 0. The van der Waals surface area contributed by atoms with Crippen LogP contribution in [0, 0.1) is 0 Å². The van der Waals surface area contributed by atoms with Gasteiger partial charge in [0.25, 0.3) is 0 Å². The minimum absolute atomic E-state index is 0.498. The standard InChI is InChI=1S/C4H3N7/c1-2-4(6-5-3-1)11-9-7-8-10-11/h1-3H. The van der Waals surface area contributed by atoms with Crippen LogP contribution in [0.1, 0.15) is 0 Å². The van der Waals surface area contributed by atoms with Crippen molar-refractivity contribution in [1.82, 2.24) is 35.8 Å². The molecule has 0 saturated carbocycles. The first-order chi connectivity index (χ1) is 5.47. The second-order valence-electron chi connectivity index (χ2n) is 1.73. The zero-order chi connectivity index (χ0) is 7.52. The number of rotatable bonds is 1. The lowest BCUT2D eigenvalue weighted by atomic mass is 10.5. The van der Waals surface area contributed by atoms with E-state index in [2.05, 4.69) is 31.1 Å². The summed E-state index contributed by atoms with van der Waals surface area (Å²) in [6.07, 6.45) is 1.56. The zero-order valence-electron chi connectivity index (χ0n) is 5.36. The SMILES string of the molecule is c1cnnc(-n2nnnn2)c1. The Bertz CT molecular complexity index is 313. The Labute approximate surface area is 61.0 Å². The lowest BCUT2D eigenvalue weighted by Gasteiger charge is -1.90. The van der Waals surface area contributed by atoms with Gasteiger partial charge in [-0.1, -0.05) is 4.80 Å². The second-order valence-corrected chi connectivity index (χ2v) is 1.73. The van der Waals surface area contributed by atoms with Crippen LogP contribution in [0.3, 0.4) is 0 Å². The smallest absolute Gasteiger partial charge is 0.157 e. The molecule has 7 heteroatoms. The van der Waals surface area contributed by atoms with E-state index in [4.69, 9.17) is 0 Å². The van der Waals surface area contributed by atoms with Gasteiger partial charge in [0, 0.05) is 6.20 Å². The van der Waals surface area contributed by atoms with Crippen molar-refractivity contribution in [2.75, 3.05) is 0 Å². The molecule has 2 aromatic rings. The van der Waals surface area contributed by atoms with Crippen LogP contribution in [-0.4, -0.2) is 35.8 Å². The van der Waals surface area contributed by atoms with E-state index in [1.165, 1.54) is 4.80 Å². The summed E-state index contributed by atoms with van der Waals surface area (Å²) in [5, 5.41) is 21.0. The van der Waals surface area contributed by atoms with Gasteiger partial charge < -0.3 is 0 Å². The van der Waals surface area contributed by atoms with Crippen molar-refractivity contribution in [2.45, 2.75) is 0 Å². The van der Waals surface area contributed by atoms with E-state index < -0.39 is 0 Å². The van der Waals surface area contributed by atoms with E-state index in [-0.39, 0.29) is 0 Å². The lowest BCUT2D eigenvalue weighted by Crippen LogP contribution is -2.02. The first-order valence-corrected chi connectivity index (χ1v) is 2.86. The van der Waals surface area contributed by atoms with Crippen molar-refractivity contribution < 1.29 is 0 Å². The monoisotopic (exact) mass is 149 g/mol. The molecule has 2 heterocycles. The second kappa shape index (κ2) is 2.37. The van der Waals surface area contributed by atoms with Gasteiger partial charge in [0.1, 0.15) is 0 Å². The first kappa shape index (κ1) is 5.83. The Balaban J connectivity index is 2.46. The summed E-state index contributed by atoms with van der Waals surface area (Å²) < 4.78 is 0. The average molecular weight is 149 g/mol. The molecule has 0 radical (unpaired) electrons. The maximum absolute atomic E-state index is 3.73. The van der Waals surface area contributed by atoms with Gasteiger partial charge in [-0.15, -0.1) is 5.10 Å². The van der Waals surface area contributed by atoms with Gasteiger partial charge in [-0.3, -0.25) is 0 Å². The summed E-state index contributed by atoms with van der Waals surface area (Å²) >= 11 is 0. The van der Waals surface area contributed by atoms with E-state index in [0.29, 0.717) is 5.82 Å². The predicted molar refractivity (Wildman–Crippen MR) is 32.5 cm³/mol. The van der Waals surface area contributed by atoms with Crippen molar-refractivity contribution in [3.63, 3.8) is 0 Å². The van der Waals surface area contributed by atoms with Crippen molar-refractivity contribution in [3.05, 3.63) is 18.3 Å². The van der Waals surface area contributed by atoms with E-state index >= 15 is 0 Å². The van der Waals surface area contributed by atoms with Gasteiger partial charge in [-0.05, 0) is 33.0 Å². The average Bonchev–Trinajstić information content (AvgIpc) is 2.58. The lowest BCUT2D eigenvalue weighted by molar-refractivity contribution is 0.680. The third kappa shape index (κ3) is 1.02. The Morgan fingerprint density at radius 3 is 2.64 bits per heavy atom. The Morgan fingerprint density at radius 1 is 1.18 bits per heavy atom. The normalized spacial score (nSPS) is 9.82. The molecular weight excluding hydrogens is 146 g/mol. The van der Waals surface area contributed by atoms with Crippen LogP contribution in [0.25, 0.3) is 5.82 Å². The quantitative estimate of drug-likeness (QED) is 0.509. The van der Waals surface area contributed by atoms with Crippen LogP contribution in [0.15, 0.2) is 18.3 Å². The van der Waals surface area contributed by atoms with Crippen molar-refractivity contribution in [2.24, 2.45) is 0 Å². The summed E-state index contributed by atoms with van der Waals surface area (Å²) in [7, 11) is 0. The van der Waals surface area contributed by atoms with Gasteiger partial charge in [-0.2, -0.15) is 5.10 Å². The third-order valence-electron chi connectivity index (χ3n) is 1.05. The number of aromatic nitrogens is 7. The molecule has 2 rings (SSSR count). The van der Waals surface area contributed by atoms with Gasteiger partial charge in [0.05, 0.1) is 0 Å². The molecule has 0 spiro atoms. The molecule has 0 amide bonds. The molecule has 0 aliphatic carbocycles. The van der Waals surface area contributed by atoms with Crippen molar-refractivity contribution in [1.29, 1.82) is 0 Å². The van der Waals surface area contributed by atoms with Crippen LogP contribution >= 0.6 is 0 Å². The first-order valence-electron chi connectivity index (χ1n) is 2.86. The summed E-state index contributed by atoms with van der Waals surface area (Å²) in [6.45, 7) is 0. The highest BCUT2D eigenvalue weighted by Gasteiger charge is 1.97. The highest BCUT2D eigenvalue weighted by atomic mass is 15.7. The summed E-state index contributed by atoms with van der Waals surface area (Å²) in [5.74, 6) is 0.498. The van der Waals surface area contributed by atoms with Crippen LogP contribution in [0.2, 0.25) is 0 Å². The highest BCUT2D eigenvalue weighted by Crippen LogP contribution is 1.92. The van der Waals surface area contributed by atoms with Crippen LogP contribution in [-0.2, 0) is 0 Å². The fourth-order valence-corrected chi connectivity index (χ4v) is 0.621. The van der Waals surface area contributed by atoms with Crippen LogP contribution in [0.4, 0.5) is 0 Å². The maximum Gasteiger partial charge on any atom is 0.199 e. The van der Waals surface area contributed by atoms with Crippen LogP contribution < -0.4 is 0 Å². The fourth-order valence-electron chi connectivity index (χ4n) is 0.621. The Hall–Kier alpha value is -1.92. The molecule has 7 nitrogen and oxygen atoms in total. The number of nitrogens with zero attached hydrogens (tertiary/aromatic N) is 7. The summed E-state index contributed by atoms with van der Waals surface area (Å²) in [4.78, 5) is 1.19. The fraction of sp³-hybridized carbons (Fsp3) is 0. The minimum atomic E-state index is 0.498. The van der Waals surface area contributed by atoms with Crippen molar-refractivity contribution >= 4 is 0 Å². The van der Waals surface area contributed by atoms with E-state index in [1.54, 1.807) is 18.3 Å². The molecule has 0 aliphatic rings. The van der Waals surface area contributed by atoms with Crippen molar-refractivity contribution in [3.8, 4) is 5.82 Å². The number of hydrogen-bond acceptors (Lipinski definition) is 6. The minimum Gasteiger partial charge on any atom is -0.157 e. The molecule has 0 N–H and O–H groups in total.